The second-order valence-electron chi connectivity index (χ2n) is 7.18. The lowest BCUT2D eigenvalue weighted by molar-refractivity contribution is -0.137. The Morgan fingerprint density at radius 1 is 1.16 bits per heavy atom. The number of fused-ring (bicyclic) bond motifs is 1. The number of nitrogens with zero attached hydrogens (tertiary/aromatic N) is 2. The maximum atomic E-state index is 13.3. The summed E-state index contributed by atoms with van der Waals surface area (Å²) >= 11 is 0. The summed E-state index contributed by atoms with van der Waals surface area (Å²) in [7, 11) is 0. The second kappa shape index (κ2) is 7.73. The summed E-state index contributed by atoms with van der Waals surface area (Å²) in [5.41, 5.74) is 0.839. The Morgan fingerprint density at radius 2 is 1.87 bits per heavy atom. The van der Waals surface area contributed by atoms with Crippen molar-refractivity contribution in [2.24, 2.45) is 0 Å². The number of rotatable bonds is 4. The summed E-state index contributed by atoms with van der Waals surface area (Å²) in [5.74, 6) is -1.57. The van der Waals surface area contributed by atoms with Crippen LogP contribution in [0.3, 0.4) is 0 Å². The number of aromatic nitrogens is 1. The molecule has 0 bridgehead atoms. The first-order valence-electron chi connectivity index (χ1n) is 9.67. The minimum absolute atomic E-state index is 0.0192. The van der Waals surface area contributed by atoms with Gasteiger partial charge in [0.2, 0.25) is 0 Å². The van der Waals surface area contributed by atoms with E-state index in [2.05, 4.69) is 0 Å². The number of amides is 1. The van der Waals surface area contributed by atoms with Crippen LogP contribution in [0.25, 0.3) is 22.2 Å². The van der Waals surface area contributed by atoms with Crippen molar-refractivity contribution in [3.8, 4) is 11.3 Å². The number of anilines is 1. The number of hydrogen-bond donors (Lipinski definition) is 1. The number of ether oxygens (including phenoxy) is 1. The molecule has 0 atom stereocenters. The lowest BCUT2D eigenvalue weighted by atomic mass is 10.1. The minimum Gasteiger partial charge on any atom is -0.478 e. The number of carboxylic acid groups (broad SMARTS) is 1. The van der Waals surface area contributed by atoms with E-state index in [9.17, 15) is 27.9 Å². The molecule has 4 rings (SSSR count). The molecule has 2 aromatic carbocycles. The molecule has 0 saturated carbocycles. The van der Waals surface area contributed by atoms with Gasteiger partial charge in [0.05, 0.1) is 23.3 Å². The Morgan fingerprint density at radius 3 is 2.45 bits per heavy atom. The molecule has 6 nitrogen and oxygen atoms in total. The number of hydrogen-bond acceptors (Lipinski definition) is 3. The zero-order valence-electron chi connectivity index (χ0n) is 16.6. The van der Waals surface area contributed by atoms with Gasteiger partial charge < -0.3 is 19.3 Å². The number of aryl methyl sites for hydroxylation is 1. The highest BCUT2D eigenvalue weighted by Crippen LogP contribution is 2.37. The van der Waals surface area contributed by atoms with Gasteiger partial charge in [-0.15, -0.1) is 0 Å². The van der Waals surface area contributed by atoms with Crippen molar-refractivity contribution in [2.75, 3.05) is 24.7 Å². The van der Waals surface area contributed by atoms with Crippen LogP contribution < -0.4 is 4.90 Å². The monoisotopic (exact) mass is 432 g/mol. The molecule has 31 heavy (non-hydrogen) atoms. The average Bonchev–Trinajstić information content (AvgIpc) is 3.11. The van der Waals surface area contributed by atoms with Crippen molar-refractivity contribution in [2.45, 2.75) is 19.6 Å². The minimum atomic E-state index is -4.65. The molecule has 0 aliphatic carbocycles. The largest absolute Gasteiger partial charge is 0.478 e. The first kappa shape index (κ1) is 20.9. The van der Waals surface area contributed by atoms with Crippen LogP contribution >= 0.6 is 0 Å². The van der Waals surface area contributed by atoms with Crippen LogP contribution in [0.2, 0.25) is 0 Å². The van der Waals surface area contributed by atoms with Gasteiger partial charge in [-0.3, -0.25) is 4.79 Å². The topological polar surface area (TPSA) is 71.8 Å². The average molecular weight is 432 g/mol. The number of carbonyl (C=O) groups is 2. The zero-order valence-corrected chi connectivity index (χ0v) is 16.6. The molecule has 162 valence electrons. The third-order valence-corrected chi connectivity index (χ3v) is 5.33. The van der Waals surface area contributed by atoms with E-state index >= 15 is 0 Å². The number of aromatic carboxylic acids is 1. The molecule has 9 heteroatoms. The number of alkyl halides is 3. The highest BCUT2D eigenvalue weighted by atomic mass is 19.4. The maximum Gasteiger partial charge on any atom is 0.416 e. The van der Waals surface area contributed by atoms with E-state index in [0.717, 1.165) is 6.07 Å². The van der Waals surface area contributed by atoms with Gasteiger partial charge in [-0.05, 0) is 42.8 Å². The number of carboxylic acids is 1. The maximum absolute atomic E-state index is 13.3. The Labute approximate surface area is 175 Å². The van der Waals surface area contributed by atoms with Gasteiger partial charge in [-0.25, -0.2) is 4.79 Å². The summed E-state index contributed by atoms with van der Waals surface area (Å²) in [5, 5.41) is 9.76. The molecule has 0 radical (unpaired) electrons. The van der Waals surface area contributed by atoms with Gasteiger partial charge in [0.15, 0.2) is 0 Å². The van der Waals surface area contributed by atoms with Crippen molar-refractivity contribution < 1.29 is 32.6 Å². The summed E-state index contributed by atoms with van der Waals surface area (Å²) in [6.45, 7) is 3.07. The van der Waals surface area contributed by atoms with Crippen LogP contribution in [0.4, 0.5) is 18.9 Å². The van der Waals surface area contributed by atoms with Crippen molar-refractivity contribution in [1.29, 1.82) is 0 Å². The van der Waals surface area contributed by atoms with Gasteiger partial charge in [0.25, 0.3) is 5.91 Å². The molecule has 1 saturated heterocycles. The first-order valence-corrected chi connectivity index (χ1v) is 9.67. The number of carbonyl (C=O) groups excluding carboxylic acids is 1. The van der Waals surface area contributed by atoms with E-state index < -0.39 is 23.3 Å². The third-order valence-electron chi connectivity index (χ3n) is 5.33. The standard InChI is InChI=1S/C22H19F3N2O4/c1-2-26-18(13-3-5-16(6-4-13)27-7-8-31-12-19(27)28)10-14-9-15(22(23,24)25)11-17(20(14)26)21(29)30/h3-6,9-11H,2,7-8,12H2,1H3,(H,29,30). The van der Waals surface area contributed by atoms with E-state index in [1.54, 1.807) is 46.7 Å². The lowest BCUT2D eigenvalue weighted by Gasteiger charge is -2.27. The van der Waals surface area contributed by atoms with Gasteiger partial charge in [-0.1, -0.05) is 12.1 Å². The summed E-state index contributed by atoms with van der Waals surface area (Å²) in [4.78, 5) is 25.4. The van der Waals surface area contributed by atoms with Gasteiger partial charge >= 0.3 is 12.1 Å². The number of halogens is 3. The number of morpholine rings is 1. The van der Waals surface area contributed by atoms with E-state index in [4.69, 9.17) is 4.74 Å². The Kier molecular flexibility index (Phi) is 5.22. The van der Waals surface area contributed by atoms with Crippen LogP contribution in [-0.4, -0.2) is 41.3 Å². The summed E-state index contributed by atoms with van der Waals surface area (Å²) < 4.78 is 46.7. The van der Waals surface area contributed by atoms with E-state index in [0.29, 0.717) is 42.7 Å². The first-order chi connectivity index (χ1) is 14.7. The van der Waals surface area contributed by atoms with Crippen LogP contribution in [0.5, 0.6) is 0 Å². The predicted molar refractivity (Wildman–Crippen MR) is 108 cm³/mol. The Bertz CT molecular complexity index is 1170. The molecule has 1 amide bonds. The summed E-state index contributed by atoms with van der Waals surface area (Å²) in [6, 6.07) is 10.3. The molecule has 1 fully saturated rings. The van der Waals surface area contributed by atoms with Gasteiger partial charge in [-0.2, -0.15) is 13.2 Å². The fraction of sp³-hybridized carbons (Fsp3) is 0.273. The highest BCUT2D eigenvalue weighted by Gasteiger charge is 2.33. The third kappa shape index (κ3) is 3.76. The fourth-order valence-corrected chi connectivity index (χ4v) is 3.91. The van der Waals surface area contributed by atoms with E-state index in [1.807, 2.05) is 0 Å². The van der Waals surface area contributed by atoms with Crippen LogP contribution in [0.1, 0.15) is 22.8 Å². The Balaban J connectivity index is 1.83. The van der Waals surface area contributed by atoms with Crippen LogP contribution in [0.15, 0.2) is 42.5 Å². The van der Waals surface area contributed by atoms with Gasteiger partial charge in [0.1, 0.15) is 6.61 Å². The predicted octanol–water partition coefficient (Wildman–Crippen LogP) is 4.41. The normalized spacial score (nSPS) is 15.0. The molecular formula is C22H19F3N2O4. The molecule has 2 heterocycles. The Hall–Kier alpha value is -3.33. The number of benzene rings is 2. The second-order valence-corrected chi connectivity index (χ2v) is 7.18. The highest BCUT2D eigenvalue weighted by molar-refractivity contribution is 6.04. The quantitative estimate of drug-likeness (QED) is 0.663. The van der Waals surface area contributed by atoms with E-state index in [-0.39, 0.29) is 23.4 Å². The van der Waals surface area contributed by atoms with Crippen molar-refractivity contribution in [1.82, 2.24) is 4.57 Å². The van der Waals surface area contributed by atoms with E-state index in [1.165, 1.54) is 0 Å². The molecule has 1 aliphatic rings. The van der Waals surface area contributed by atoms with Crippen LogP contribution in [0, 0.1) is 0 Å². The fourth-order valence-electron chi connectivity index (χ4n) is 3.91. The molecule has 1 aliphatic heterocycles. The molecule has 0 unspecified atom stereocenters. The smallest absolute Gasteiger partial charge is 0.416 e. The van der Waals surface area contributed by atoms with Gasteiger partial charge in [0, 0.05) is 29.9 Å². The molecule has 0 spiro atoms. The van der Waals surface area contributed by atoms with Crippen molar-refractivity contribution in [3.05, 3.63) is 53.6 Å². The van der Waals surface area contributed by atoms with Crippen LogP contribution in [-0.2, 0) is 22.3 Å². The van der Waals surface area contributed by atoms with Crippen molar-refractivity contribution >= 4 is 28.5 Å². The molecule has 1 N–H and O–H groups in total. The SMILES string of the molecule is CCn1c(-c2ccc(N3CCOCC3=O)cc2)cc2cc(C(F)(F)F)cc(C(=O)O)c21. The molecule has 1 aromatic heterocycles. The lowest BCUT2D eigenvalue weighted by Crippen LogP contribution is -2.41. The summed E-state index contributed by atoms with van der Waals surface area (Å²) in [6.07, 6.45) is -4.65. The molecule has 3 aromatic rings. The zero-order chi connectivity index (χ0) is 22.3. The van der Waals surface area contributed by atoms with Crippen molar-refractivity contribution in [3.63, 3.8) is 0 Å². The molecular weight excluding hydrogens is 413 g/mol.